The molecule has 0 fully saturated rings. The first-order chi connectivity index (χ1) is 8.26. The Kier molecular flexibility index (Phi) is 3.59. The molecule has 1 aromatic heterocycles. The zero-order valence-electron chi connectivity index (χ0n) is 10.1. The Bertz CT molecular complexity index is 572. The third-order valence-electron chi connectivity index (χ3n) is 3.05. The van der Waals surface area contributed by atoms with Gasteiger partial charge < -0.3 is 10.3 Å². The number of hydrogen-bond donors (Lipinski definition) is 1. The number of rotatable bonds is 4. The Balaban J connectivity index is 2.57. The zero-order chi connectivity index (χ0) is 12.3. The second kappa shape index (κ2) is 5.15. The quantitative estimate of drug-likeness (QED) is 0.872. The third kappa shape index (κ3) is 2.39. The lowest BCUT2D eigenvalue weighted by atomic mass is 10.1. The van der Waals surface area contributed by atoms with Crippen LogP contribution < -0.4 is 11.2 Å². The van der Waals surface area contributed by atoms with E-state index in [2.05, 4.69) is 17.6 Å². The molecule has 0 atom stereocenters. The van der Waals surface area contributed by atoms with Crippen molar-refractivity contribution in [2.24, 2.45) is 5.73 Å². The van der Waals surface area contributed by atoms with Gasteiger partial charge in [-0.2, -0.15) is 0 Å². The molecular formula is C14H18N2O. The zero-order valence-corrected chi connectivity index (χ0v) is 10.1. The normalized spacial score (nSPS) is 10.9. The predicted molar refractivity (Wildman–Crippen MR) is 71.3 cm³/mol. The van der Waals surface area contributed by atoms with Gasteiger partial charge in [0.15, 0.2) is 5.43 Å². The van der Waals surface area contributed by atoms with Crippen LogP contribution in [0.2, 0.25) is 0 Å². The molecule has 0 amide bonds. The Morgan fingerprint density at radius 1 is 1.29 bits per heavy atom. The summed E-state index contributed by atoms with van der Waals surface area (Å²) in [4.78, 5) is 11.8. The van der Waals surface area contributed by atoms with Crippen molar-refractivity contribution in [3.8, 4) is 0 Å². The lowest BCUT2D eigenvalue weighted by molar-refractivity contribution is 0.666. The molecule has 2 N–H and O–H groups in total. The first-order valence-corrected chi connectivity index (χ1v) is 6.08. The molecular weight excluding hydrogens is 212 g/mol. The molecule has 90 valence electrons. The van der Waals surface area contributed by atoms with Gasteiger partial charge in [-0.15, -0.1) is 0 Å². The van der Waals surface area contributed by atoms with Crippen LogP contribution in [0.1, 0.15) is 18.9 Å². The molecule has 0 aliphatic rings. The molecule has 0 saturated heterocycles. The number of fused-ring (bicyclic) bond motifs is 1. The van der Waals surface area contributed by atoms with Crippen LogP contribution in [0.25, 0.3) is 10.9 Å². The van der Waals surface area contributed by atoms with E-state index >= 15 is 0 Å². The van der Waals surface area contributed by atoms with Gasteiger partial charge in [-0.05, 0) is 37.1 Å². The van der Waals surface area contributed by atoms with Crippen molar-refractivity contribution < 1.29 is 0 Å². The molecule has 17 heavy (non-hydrogen) atoms. The summed E-state index contributed by atoms with van der Waals surface area (Å²) in [7, 11) is 0. The number of nitrogens with two attached hydrogens (primary N) is 1. The van der Waals surface area contributed by atoms with E-state index in [0.29, 0.717) is 6.54 Å². The molecule has 1 heterocycles. The molecule has 2 aromatic rings. The minimum Gasteiger partial charge on any atom is -0.347 e. The highest BCUT2D eigenvalue weighted by molar-refractivity contribution is 5.79. The van der Waals surface area contributed by atoms with Gasteiger partial charge in [-0.25, -0.2) is 0 Å². The van der Waals surface area contributed by atoms with E-state index in [1.165, 1.54) is 5.56 Å². The SMILES string of the molecule is CCc1ccc2c(c1)c(=O)ccn2CCCN. The number of nitrogens with zero attached hydrogens (tertiary/aromatic N) is 1. The molecule has 0 bridgehead atoms. The summed E-state index contributed by atoms with van der Waals surface area (Å²) in [5.74, 6) is 0. The lowest BCUT2D eigenvalue weighted by Crippen LogP contribution is -2.11. The first-order valence-electron chi connectivity index (χ1n) is 6.08. The number of aryl methyl sites for hydroxylation is 2. The van der Waals surface area contributed by atoms with Crippen molar-refractivity contribution in [1.29, 1.82) is 0 Å². The Hall–Kier alpha value is -1.61. The standard InChI is InChI=1S/C14H18N2O/c1-2-11-4-5-13-12(10-11)14(17)6-9-16(13)8-3-7-15/h4-6,9-10H,2-3,7-8,15H2,1H3. The largest absolute Gasteiger partial charge is 0.347 e. The fourth-order valence-electron chi connectivity index (χ4n) is 2.04. The second-order valence-electron chi connectivity index (χ2n) is 4.22. The molecule has 0 spiro atoms. The summed E-state index contributed by atoms with van der Waals surface area (Å²) < 4.78 is 2.10. The molecule has 0 unspecified atom stereocenters. The second-order valence-corrected chi connectivity index (χ2v) is 4.22. The van der Waals surface area contributed by atoms with Crippen molar-refractivity contribution in [2.75, 3.05) is 6.54 Å². The van der Waals surface area contributed by atoms with Gasteiger partial charge >= 0.3 is 0 Å². The van der Waals surface area contributed by atoms with Crippen molar-refractivity contribution in [2.45, 2.75) is 26.3 Å². The van der Waals surface area contributed by atoms with Gasteiger partial charge in [0, 0.05) is 24.2 Å². The van der Waals surface area contributed by atoms with E-state index in [1.54, 1.807) is 6.07 Å². The van der Waals surface area contributed by atoms with E-state index in [4.69, 9.17) is 5.73 Å². The summed E-state index contributed by atoms with van der Waals surface area (Å²) in [5.41, 5.74) is 7.82. The van der Waals surface area contributed by atoms with Crippen molar-refractivity contribution >= 4 is 10.9 Å². The monoisotopic (exact) mass is 230 g/mol. The van der Waals surface area contributed by atoms with Gasteiger partial charge in [-0.1, -0.05) is 13.0 Å². The predicted octanol–water partition coefficient (Wildman–Crippen LogP) is 1.91. The smallest absolute Gasteiger partial charge is 0.189 e. The van der Waals surface area contributed by atoms with E-state index in [0.717, 1.165) is 30.3 Å². The maximum Gasteiger partial charge on any atom is 0.189 e. The van der Waals surface area contributed by atoms with Gasteiger partial charge in [0.25, 0.3) is 0 Å². The van der Waals surface area contributed by atoms with Crippen molar-refractivity contribution in [3.05, 3.63) is 46.2 Å². The minimum absolute atomic E-state index is 0.0966. The van der Waals surface area contributed by atoms with E-state index < -0.39 is 0 Å². The molecule has 0 radical (unpaired) electrons. The number of benzene rings is 1. The van der Waals surface area contributed by atoms with E-state index in [1.807, 2.05) is 18.3 Å². The van der Waals surface area contributed by atoms with Crippen LogP contribution in [0, 0.1) is 0 Å². The summed E-state index contributed by atoms with van der Waals surface area (Å²) in [6.07, 6.45) is 3.73. The van der Waals surface area contributed by atoms with Crippen LogP contribution in [0.4, 0.5) is 0 Å². The molecule has 3 heteroatoms. The lowest BCUT2D eigenvalue weighted by Gasteiger charge is -2.10. The summed E-state index contributed by atoms with van der Waals surface area (Å²) in [6.45, 7) is 3.62. The first kappa shape index (κ1) is 11.9. The Morgan fingerprint density at radius 3 is 2.82 bits per heavy atom. The molecule has 1 aromatic carbocycles. The Morgan fingerprint density at radius 2 is 2.12 bits per heavy atom. The van der Waals surface area contributed by atoms with E-state index in [9.17, 15) is 4.79 Å². The average molecular weight is 230 g/mol. The van der Waals surface area contributed by atoms with Crippen molar-refractivity contribution in [1.82, 2.24) is 4.57 Å². The number of pyridine rings is 1. The highest BCUT2D eigenvalue weighted by Crippen LogP contribution is 2.13. The van der Waals surface area contributed by atoms with Crippen LogP contribution >= 0.6 is 0 Å². The Labute approximate surface area is 101 Å². The number of aromatic nitrogens is 1. The average Bonchev–Trinajstić information content (AvgIpc) is 2.38. The van der Waals surface area contributed by atoms with Gasteiger partial charge in [-0.3, -0.25) is 4.79 Å². The van der Waals surface area contributed by atoms with Gasteiger partial charge in [0.05, 0.1) is 5.52 Å². The summed E-state index contributed by atoms with van der Waals surface area (Å²) in [5, 5.41) is 0.809. The molecule has 0 saturated carbocycles. The van der Waals surface area contributed by atoms with Crippen LogP contribution in [0.15, 0.2) is 35.3 Å². The maximum absolute atomic E-state index is 11.8. The number of hydrogen-bond acceptors (Lipinski definition) is 2. The third-order valence-corrected chi connectivity index (χ3v) is 3.05. The summed E-state index contributed by atoms with van der Waals surface area (Å²) in [6, 6.07) is 7.75. The van der Waals surface area contributed by atoms with Crippen LogP contribution in [-0.4, -0.2) is 11.1 Å². The molecule has 0 aliphatic carbocycles. The topological polar surface area (TPSA) is 48.0 Å². The summed E-state index contributed by atoms with van der Waals surface area (Å²) >= 11 is 0. The minimum atomic E-state index is 0.0966. The highest BCUT2D eigenvalue weighted by atomic mass is 16.1. The van der Waals surface area contributed by atoms with Crippen molar-refractivity contribution in [3.63, 3.8) is 0 Å². The van der Waals surface area contributed by atoms with Gasteiger partial charge in [0.2, 0.25) is 0 Å². The van der Waals surface area contributed by atoms with Crippen LogP contribution in [-0.2, 0) is 13.0 Å². The molecule has 0 aliphatic heterocycles. The van der Waals surface area contributed by atoms with E-state index in [-0.39, 0.29) is 5.43 Å². The highest BCUT2D eigenvalue weighted by Gasteiger charge is 2.03. The fourth-order valence-corrected chi connectivity index (χ4v) is 2.04. The molecule has 3 nitrogen and oxygen atoms in total. The maximum atomic E-state index is 11.8. The van der Waals surface area contributed by atoms with Crippen LogP contribution in [0.5, 0.6) is 0 Å². The van der Waals surface area contributed by atoms with Gasteiger partial charge in [0.1, 0.15) is 0 Å². The fraction of sp³-hybridized carbons (Fsp3) is 0.357. The molecule has 2 rings (SSSR count). The van der Waals surface area contributed by atoms with Crippen LogP contribution in [0.3, 0.4) is 0 Å².